The van der Waals surface area contributed by atoms with Crippen LogP contribution in [0.4, 0.5) is 13.2 Å². The number of nitrogens with two attached hydrogens (primary N) is 1. The Kier molecular flexibility index (Phi) is 5.51. The first-order valence-electron chi connectivity index (χ1n) is 5.73. The van der Waals surface area contributed by atoms with Crippen molar-refractivity contribution in [3.63, 3.8) is 0 Å². The van der Waals surface area contributed by atoms with Gasteiger partial charge >= 0.3 is 6.18 Å². The molecule has 96 valence electrons. The zero-order valence-electron chi connectivity index (χ0n) is 9.47. The molecule has 16 heavy (non-hydrogen) atoms. The van der Waals surface area contributed by atoms with Gasteiger partial charge in [0, 0.05) is 32.7 Å². The van der Waals surface area contributed by atoms with Crippen molar-refractivity contribution in [3.05, 3.63) is 0 Å². The van der Waals surface area contributed by atoms with E-state index in [-0.39, 0.29) is 6.54 Å². The van der Waals surface area contributed by atoms with Crippen LogP contribution in [-0.4, -0.2) is 61.8 Å². The Balaban J connectivity index is 2.12. The minimum atomic E-state index is -4.03. The molecule has 3 nitrogen and oxygen atoms in total. The normalized spacial score (nSPS) is 20.2. The highest BCUT2D eigenvalue weighted by molar-refractivity contribution is 4.72. The number of rotatable bonds is 5. The minimum absolute atomic E-state index is 0.133. The molecule has 1 heterocycles. The molecule has 1 saturated heterocycles. The second kappa shape index (κ2) is 6.42. The van der Waals surface area contributed by atoms with Gasteiger partial charge in [-0.1, -0.05) is 0 Å². The lowest BCUT2D eigenvalue weighted by Gasteiger charge is -2.34. The third-order valence-corrected chi connectivity index (χ3v) is 2.85. The third kappa shape index (κ3) is 5.67. The Morgan fingerprint density at radius 1 is 0.938 bits per heavy atom. The maximum atomic E-state index is 12.0. The number of hydrogen-bond donors (Lipinski definition) is 1. The second-order valence-electron chi connectivity index (χ2n) is 4.19. The van der Waals surface area contributed by atoms with Gasteiger partial charge < -0.3 is 15.5 Å². The van der Waals surface area contributed by atoms with Crippen LogP contribution in [0, 0.1) is 0 Å². The highest BCUT2D eigenvalue weighted by Crippen LogP contribution is 2.20. The maximum absolute atomic E-state index is 12.0. The largest absolute Gasteiger partial charge is 0.390 e. The van der Waals surface area contributed by atoms with E-state index in [1.807, 2.05) is 4.90 Å². The van der Waals surface area contributed by atoms with E-state index in [4.69, 9.17) is 5.73 Å². The van der Waals surface area contributed by atoms with E-state index in [0.717, 1.165) is 39.1 Å². The Bertz CT molecular complexity index is 188. The first-order valence-corrected chi connectivity index (χ1v) is 5.73. The molecule has 0 aromatic heterocycles. The Labute approximate surface area is 94.4 Å². The van der Waals surface area contributed by atoms with Crippen molar-refractivity contribution in [1.82, 2.24) is 9.80 Å². The van der Waals surface area contributed by atoms with Gasteiger partial charge in [-0.15, -0.1) is 0 Å². The number of alkyl halides is 3. The van der Waals surface area contributed by atoms with Crippen molar-refractivity contribution in [3.8, 4) is 0 Å². The summed E-state index contributed by atoms with van der Waals surface area (Å²) in [5.41, 5.74) is 5.41. The SMILES string of the molecule is NCCCN1CCN(CCC(F)(F)F)CC1. The van der Waals surface area contributed by atoms with Gasteiger partial charge in [-0.05, 0) is 19.5 Å². The molecular weight excluding hydrogens is 219 g/mol. The summed E-state index contributed by atoms with van der Waals surface area (Å²) < 4.78 is 36.0. The molecule has 0 saturated carbocycles. The first kappa shape index (κ1) is 13.7. The lowest BCUT2D eigenvalue weighted by atomic mass is 10.2. The number of nitrogens with zero attached hydrogens (tertiary/aromatic N) is 2. The minimum Gasteiger partial charge on any atom is -0.330 e. The zero-order chi connectivity index (χ0) is 12.0. The fraction of sp³-hybridized carbons (Fsp3) is 1.00. The summed E-state index contributed by atoms with van der Waals surface area (Å²) in [4.78, 5) is 4.14. The molecule has 0 aromatic rings. The van der Waals surface area contributed by atoms with Crippen LogP contribution in [0.25, 0.3) is 0 Å². The van der Waals surface area contributed by atoms with Crippen LogP contribution in [0.3, 0.4) is 0 Å². The predicted octanol–water partition coefficient (Wildman–Crippen LogP) is 0.905. The van der Waals surface area contributed by atoms with Gasteiger partial charge in [-0.25, -0.2) is 0 Å². The van der Waals surface area contributed by atoms with Crippen molar-refractivity contribution >= 4 is 0 Å². The fourth-order valence-corrected chi connectivity index (χ4v) is 1.84. The zero-order valence-corrected chi connectivity index (χ0v) is 9.47. The summed E-state index contributed by atoms with van der Waals surface area (Å²) in [5, 5.41) is 0. The van der Waals surface area contributed by atoms with E-state index in [1.54, 1.807) is 0 Å². The number of hydrogen-bond acceptors (Lipinski definition) is 3. The molecule has 0 atom stereocenters. The molecule has 1 fully saturated rings. The van der Waals surface area contributed by atoms with Crippen LogP contribution in [-0.2, 0) is 0 Å². The Hall–Kier alpha value is -0.330. The molecule has 6 heteroatoms. The van der Waals surface area contributed by atoms with Crippen LogP contribution < -0.4 is 5.73 Å². The van der Waals surface area contributed by atoms with E-state index in [0.29, 0.717) is 6.54 Å². The topological polar surface area (TPSA) is 32.5 Å². The predicted molar refractivity (Wildman–Crippen MR) is 57.2 cm³/mol. The van der Waals surface area contributed by atoms with Crippen molar-refractivity contribution in [1.29, 1.82) is 0 Å². The Morgan fingerprint density at radius 3 is 1.88 bits per heavy atom. The molecule has 2 N–H and O–H groups in total. The van der Waals surface area contributed by atoms with Crippen molar-refractivity contribution < 1.29 is 13.2 Å². The van der Waals surface area contributed by atoms with Gasteiger partial charge in [0.15, 0.2) is 0 Å². The van der Waals surface area contributed by atoms with Crippen LogP contribution in [0.1, 0.15) is 12.8 Å². The molecule has 1 rings (SSSR count). The molecule has 1 aliphatic heterocycles. The van der Waals surface area contributed by atoms with Crippen LogP contribution in [0.2, 0.25) is 0 Å². The van der Waals surface area contributed by atoms with Crippen molar-refractivity contribution in [2.75, 3.05) is 45.8 Å². The molecule has 0 amide bonds. The monoisotopic (exact) mass is 239 g/mol. The highest BCUT2D eigenvalue weighted by atomic mass is 19.4. The highest BCUT2D eigenvalue weighted by Gasteiger charge is 2.28. The van der Waals surface area contributed by atoms with E-state index in [2.05, 4.69) is 4.90 Å². The van der Waals surface area contributed by atoms with E-state index < -0.39 is 12.6 Å². The molecule has 0 bridgehead atoms. The standard InChI is InChI=1S/C10H20F3N3/c11-10(12,13)2-5-16-8-6-15(7-9-16)4-1-3-14/h1-9,14H2. The van der Waals surface area contributed by atoms with Gasteiger partial charge in [0.1, 0.15) is 0 Å². The summed E-state index contributed by atoms with van der Waals surface area (Å²) in [6, 6.07) is 0. The van der Waals surface area contributed by atoms with Crippen LogP contribution in [0.15, 0.2) is 0 Å². The summed E-state index contributed by atoms with van der Waals surface area (Å²) in [5.74, 6) is 0. The van der Waals surface area contributed by atoms with Gasteiger partial charge in [0.25, 0.3) is 0 Å². The van der Waals surface area contributed by atoms with Gasteiger partial charge in [0.2, 0.25) is 0 Å². The van der Waals surface area contributed by atoms with Gasteiger partial charge in [0.05, 0.1) is 6.42 Å². The molecule has 0 spiro atoms. The summed E-state index contributed by atoms with van der Waals surface area (Å²) in [6.07, 6.45) is -3.77. The molecule has 0 aromatic carbocycles. The van der Waals surface area contributed by atoms with Crippen LogP contribution >= 0.6 is 0 Å². The number of piperazine rings is 1. The third-order valence-electron chi connectivity index (χ3n) is 2.85. The molecule has 0 aliphatic carbocycles. The van der Waals surface area contributed by atoms with E-state index >= 15 is 0 Å². The average molecular weight is 239 g/mol. The van der Waals surface area contributed by atoms with Gasteiger partial charge in [-0.3, -0.25) is 0 Å². The summed E-state index contributed by atoms with van der Waals surface area (Å²) in [7, 11) is 0. The molecule has 0 radical (unpaired) electrons. The quantitative estimate of drug-likeness (QED) is 0.774. The number of halogens is 3. The van der Waals surface area contributed by atoms with Crippen LogP contribution in [0.5, 0.6) is 0 Å². The lowest BCUT2D eigenvalue weighted by Crippen LogP contribution is -2.47. The second-order valence-corrected chi connectivity index (χ2v) is 4.19. The molecular formula is C10H20F3N3. The fourth-order valence-electron chi connectivity index (χ4n) is 1.84. The van der Waals surface area contributed by atoms with E-state index in [1.165, 1.54) is 0 Å². The summed E-state index contributed by atoms with van der Waals surface area (Å²) in [6.45, 7) is 4.96. The van der Waals surface area contributed by atoms with E-state index in [9.17, 15) is 13.2 Å². The first-order chi connectivity index (χ1) is 7.51. The van der Waals surface area contributed by atoms with Gasteiger partial charge in [-0.2, -0.15) is 13.2 Å². The maximum Gasteiger partial charge on any atom is 0.390 e. The summed E-state index contributed by atoms with van der Waals surface area (Å²) >= 11 is 0. The average Bonchev–Trinajstić information content (AvgIpc) is 2.24. The molecule has 0 unspecified atom stereocenters. The van der Waals surface area contributed by atoms with Crippen molar-refractivity contribution in [2.45, 2.75) is 19.0 Å². The van der Waals surface area contributed by atoms with Crippen molar-refractivity contribution in [2.24, 2.45) is 5.73 Å². The smallest absolute Gasteiger partial charge is 0.330 e. The lowest BCUT2D eigenvalue weighted by molar-refractivity contribution is -0.138. The molecule has 1 aliphatic rings. The Morgan fingerprint density at radius 2 is 1.44 bits per heavy atom.